The fraction of sp³-hybridized carbons (Fsp3) is 0.417. The molecule has 134 valence electrons. The van der Waals surface area contributed by atoms with Crippen molar-refractivity contribution in [2.45, 2.75) is 18.8 Å². The Balaban J connectivity index is 0.00000288. The number of nitrogens with zero attached hydrogens (tertiary/aromatic N) is 3. The summed E-state index contributed by atoms with van der Waals surface area (Å²) in [6, 6.07) is -0.129. The number of nitrogens with one attached hydrogen (secondary N) is 1. The topological polar surface area (TPSA) is 94.5 Å². The molecule has 12 heteroatoms. The highest BCUT2D eigenvalue weighted by Gasteiger charge is 2.32. The fourth-order valence-electron chi connectivity index (χ4n) is 1.83. The second kappa shape index (κ2) is 7.97. The number of ether oxygens (including phenoxy) is 1. The van der Waals surface area contributed by atoms with Gasteiger partial charge >= 0.3 is 6.18 Å². The SMILES string of the molecule is COCC(N)C(=O)NCc1nnc2c(Cl)cc(C(F)(F)F)cn12.Cl. The first-order valence-corrected chi connectivity index (χ1v) is 6.74. The van der Waals surface area contributed by atoms with E-state index in [2.05, 4.69) is 15.5 Å². The summed E-state index contributed by atoms with van der Waals surface area (Å²) in [5.41, 5.74) is 4.65. The van der Waals surface area contributed by atoms with Crippen LogP contribution in [0.1, 0.15) is 11.4 Å². The molecule has 2 heterocycles. The molecule has 2 aromatic heterocycles. The Morgan fingerprint density at radius 2 is 2.17 bits per heavy atom. The smallest absolute Gasteiger partial charge is 0.383 e. The lowest BCUT2D eigenvalue weighted by atomic mass is 10.2. The lowest BCUT2D eigenvalue weighted by Crippen LogP contribution is -2.43. The number of pyridine rings is 1. The minimum Gasteiger partial charge on any atom is -0.383 e. The van der Waals surface area contributed by atoms with Crippen molar-refractivity contribution < 1.29 is 22.7 Å². The first-order chi connectivity index (χ1) is 10.7. The number of carbonyl (C=O) groups excluding carboxylic acids is 1. The highest BCUT2D eigenvalue weighted by atomic mass is 35.5. The summed E-state index contributed by atoms with van der Waals surface area (Å²) in [6.07, 6.45) is -3.75. The molecule has 0 radical (unpaired) electrons. The summed E-state index contributed by atoms with van der Waals surface area (Å²) < 4.78 is 44.3. The molecule has 0 saturated heterocycles. The third kappa shape index (κ3) is 4.47. The lowest BCUT2D eigenvalue weighted by molar-refractivity contribution is -0.137. The number of alkyl halides is 3. The zero-order chi connectivity index (χ0) is 17.2. The predicted molar refractivity (Wildman–Crippen MR) is 81.9 cm³/mol. The minimum atomic E-state index is -4.57. The van der Waals surface area contributed by atoms with Crippen molar-refractivity contribution >= 4 is 35.6 Å². The number of rotatable bonds is 5. The van der Waals surface area contributed by atoms with Gasteiger partial charge in [-0.3, -0.25) is 9.20 Å². The molecule has 1 unspecified atom stereocenters. The molecule has 1 atom stereocenters. The van der Waals surface area contributed by atoms with Crippen LogP contribution in [0.15, 0.2) is 12.3 Å². The van der Waals surface area contributed by atoms with Crippen LogP contribution in [-0.2, 0) is 22.3 Å². The standard InChI is InChI=1S/C12H13ClF3N5O2.ClH/c1-23-5-8(17)11(22)18-3-9-19-20-10-7(13)2-6(4-21(9)10)12(14,15)16;/h2,4,8H,3,5,17H2,1H3,(H,18,22);1H. The van der Waals surface area contributed by atoms with Crippen molar-refractivity contribution in [3.63, 3.8) is 0 Å². The number of aromatic nitrogens is 3. The normalized spacial score (nSPS) is 12.8. The van der Waals surface area contributed by atoms with E-state index in [1.165, 1.54) is 7.11 Å². The van der Waals surface area contributed by atoms with E-state index in [-0.39, 0.29) is 42.1 Å². The zero-order valence-electron chi connectivity index (χ0n) is 12.3. The predicted octanol–water partition coefficient (Wildman–Crippen LogP) is 1.41. The van der Waals surface area contributed by atoms with Gasteiger partial charge < -0.3 is 15.8 Å². The van der Waals surface area contributed by atoms with E-state index in [0.717, 1.165) is 16.7 Å². The van der Waals surface area contributed by atoms with Crippen LogP contribution < -0.4 is 11.1 Å². The molecule has 24 heavy (non-hydrogen) atoms. The van der Waals surface area contributed by atoms with Crippen LogP contribution in [0.2, 0.25) is 5.02 Å². The van der Waals surface area contributed by atoms with Gasteiger partial charge in [0.2, 0.25) is 5.91 Å². The van der Waals surface area contributed by atoms with Gasteiger partial charge in [-0.25, -0.2) is 0 Å². The quantitative estimate of drug-likeness (QED) is 0.808. The van der Waals surface area contributed by atoms with Gasteiger partial charge in [0.1, 0.15) is 6.04 Å². The van der Waals surface area contributed by atoms with Crippen LogP contribution in [-0.4, -0.2) is 40.3 Å². The minimum absolute atomic E-state index is 0. The van der Waals surface area contributed by atoms with E-state index in [1.807, 2.05) is 0 Å². The van der Waals surface area contributed by atoms with Crippen molar-refractivity contribution in [1.29, 1.82) is 0 Å². The third-order valence-corrected chi connectivity index (χ3v) is 3.24. The monoisotopic (exact) mass is 387 g/mol. The van der Waals surface area contributed by atoms with Crippen LogP contribution in [0.25, 0.3) is 5.65 Å². The van der Waals surface area contributed by atoms with Gasteiger partial charge in [-0.1, -0.05) is 11.6 Å². The summed E-state index contributed by atoms with van der Waals surface area (Å²) in [4.78, 5) is 11.7. The van der Waals surface area contributed by atoms with E-state index < -0.39 is 23.7 Å². The number of hydrogen-bond donors (Lipinski definition) is 2. The van der Waals surface area contributed by atoms with Gasteiger partial charge in [0.15, 0.2) is 11.5 Å². The Hall–Kier alpha value is -1.62. The van der Waals surface area contributed by atoms with E-state index in [0.29, 0.717) is 0 Å². The number of amides is 1. The van der Waals surface area contributed by atoms with Crippen molar-refractivity contribution in [2.75, 3.05) is 13.7 Å². The van der Waals surface area contributed by atoms with Crippen LogP contribution >= 0.6 is 24.0 Å². The number of nitrogens with two attached hydrogens (primary N) is 1. The molecule has 3 N–H and O–H groups in total. The molecule has 2 aromatic rings. The number of carbonyl (C=O) groups is 1. The summed E-state index contributed by atoms with van der Waals surface area (Å²) >= 11 is 5.79. The molecule has 0 aliphatic rings. The maximum absolute atomic E-state index is 12.8. The first-order valence-electron chi connectivity index (χ1n) is 6.36. The fourth-order valence-corrected chi connectivity index (χ4v) is 2.07. The van der Waals surface area contributed by atoms with Crippen LogP contribution in [0.5, 0.6) is 0 Å². The molecule has 0 aromatic carbocycles. The molecular weight excluding hydrogens is 374 g/mol. The molecule has 2 rings (SSSR count). The van der Waals surface area contributed by atoms with Gasteiger partial charge in [0, 0.05) is 13.3 Å². The van der Waals surface area contributed by atoms with E-state index in [1.54, 1.807) is 0 Å². The molecule has 0 bridgehead atoms. The molecule has 0 spiro atoms. The maximum atomic E-state index is 12.8. The Kier molecular flexibility index (Phi) is 6.78. The Bertz CT molecular complexity index is 723. The molecular formula is C12H14Cl2F3N5O2. The van der Waals surface area contributed by atoms with Crippen LogP contribution in [0.4, 0.5) is 13.2 Å². The van der Waals surface area contributed by atoms with Crippen LogP contribution in [0.3, 0.4) is 0 Å². The molecule has 0 saturated carbocycles. The highest BCUT2D eigenvalue weighted by molar-refractivity contribution is 6.33. The van der Waals surface area contributed by atoms with Gasteiger partial charge in [0.05, 0.1) is 23.7 Å². The van der Waals surface area contributed by atoms with Crippen molar-refractivity contribution in [2.24, 2.45) is 5.73 Å². The Labute approximate surface area is 145 Å². The van der Waals surface area contributed by atoms with E-state index in [4.69, 9.17) is 22.1 Å². The van der Waals surface area contributed by atoms with Gasteiger partial charge in [-0.15, -0.1) is 22.6 Å². The number of fused-ring (bicyclic) bond motifs is 1. The third-order valence-electron chi connectivity index (χ3n) is 2.96. The Morgan fingerprint density at radius 3 is 2.75 bits per heavy atom. The van der Waals surface area contributed by atoms with Crippen molar-refractivity contribution in [1.82, 2.24) is 19.9 Å². The summed E-state index contributed by atoms with van der Waals surface area (Å²) in [5.74, 6) is -0.437. The van der Waals surface area contributed by atoms with Crippen LogP contribution in [0, 0.1) is 0 Å². The summed E-state index contributed by atoms with van der Waals surface area (Å²) in [5, 5.41) is 9.69. The highest BCUT2D eigenvalue weighted by Crippen LogP contribution is 2.32. The summed E-state index contributed by atoms with van der Waals surface area (Å²) in [6.45, 7) is -0.147. The molecule has 7 nitrogen and oxygen atoms in total. The van der Waals surface area contributed by atoms with Gasteiger partial charge in [0.25, 0.3) is 0 Å². The largest absolute Gasteiger partial charge is 0.417 e. The first kappa shape index (κ1) is 20.4. The zero-order valence-corrected chi connectivity index (χ0v) is 13.9. The average Bonchev–Trinajstić information content (AvgIpc) is 2.87. The number of hydrogen-bond acceptors (Lipinski definition) is 5. The second-order valence-electron chi connectivity index (χ2n) is 4.66. The van der Waals surface area contributed by atoms with E-state index >= 15 is 0 Å². The van der Waals surface area contributed by atoms with Gasteiger partial charge in [-0.05, 0) is 6.07 Å². The van der Waals surface area contributed by atoms with Crippen molar-refractivity contribution in [3.05, 3.63) is 28.7 Å². The number of methoxy groups -OCH3 is 1. The van der Waals surface area contributed by atoms with E-state index in [9.17, 15) is 18.0 Å². The molecule has 0 aliphatic heterocycles. The lowest BCUT2D eigenvalue weighted by Gasteiger charge is -2.11. The molecule has 0 fully saturated rings. The summed E-state index contributed by atoms with van der Waals surface area (Å²) in [7, 11) is 1.39. The average molecular weight is 388 g/mol. The number of halogens is 5. The van der Waals surface area contributed by atoms with Gasteiger partial charge in [-0.2, -0.15) is 13.2 Å². The second-order valence-corrected chi connectivity index (χ2v) is 5.07. The van der Waals surface area contributed by atoms with Crippen molar-refractivity contribution in [3.8, 4) is 0 Å². The Morgan fingerprint density at radius 1 is 1.50 bits per heavy atom. The molecule has 0 aliphatic carbocycles. The maximum Gasteiger partial charge on any atom is 0.417 e. The molecule has 1 amide bonds.